The lowest BCUT2D eigenvalue weighted by atomic mass is 10.1. The van der Waals surface area contributed by atoms with E-state index >= 15 is 0 Å². The van der Waals surface area contributed by atoms with Gasteiger partial charge >= 0.3 is 0 Å². The molecule has 0 spiro atoms. The molecule has 1 heterocycles. The maximum Gasteiger partial charge on any atom is 0.294 e. The molecule has 0 fully saturated rings. The number of aromatic nitrogens is 1. The lowest BCUT2D eigenvalue weighted by molar-refractivity contribution is 0.0987. The molecule has 1 N–H and O–H groups in total. The highest BCUT2D eigenvalue weighted by Crippen LogP contribution is 2.26. The van der Waals surface area contributed by atoms with Crippen LogP contribution in [0.2, 0.25) is 0 Å². The highest BCUT2D eigenvalue weighted by molar-refractivity contribution is 9.10. The van der Waals surface area contributed by atoms with E-state index in [1.54, 1.807) is 0 Å². The van der Waals surface area contributed by atoms with Gasteiger partial charge in [0.25, 0.3) is 11.8 Å². The predicted octanol–water partition coefficient (Wildman–Crippen LogP) is 5.42. The first-order valence-electron chi connectivity index (χ1n) is 8.32. The van der Waals surface area contributed by atoms with E-state index in [2.05, 4.69) is 26.4 Å². The van der Waals surface area contributed by atoms with Crippen LogP contribution in [-0.4, -0.2) is 11.1 Å². The van der Waals surface area contributed by atoms with Crippen molar-refractivity contribution in [1.82, 2.24) is 5.16 Å². The zero-order valence-corrected chi connectivity index (χ0v) is 15.8. The van der Waals surface area contributed by atoms with E-state index in [0.717, 1.165) is 20.8 Å². The van der Waals surface area contributed by atoms with Crippen molar-refractivity contribution in [3.63, 3.8) is 0 Å². The second kappa shape index (κ2) is 7.63. The maximum absolute atomic E-state index is 12.4. The van der Waals surface area contributed by atoms with Gasteiger partial charge in [-0.05, 0) is 39.7 Å². The molecule has 0 atom stereocenters. The van der Waals surface area contributed by atoms with Gasteiger partial charge < -0.3 is 14.6 Å². The van der Waals surface area contributed by atoms with Gasteiger partial charge in [0.1, 0.15) is 6.61 Å². The maximum atomic E-state index is 12.4. The number of rotatable bonds is 5. The Morgan fingerprint density at radius 3 is 2.74 bits per heavy atom. The van der Waals surface area contributed by atoms with E-state index in [1.165, 1.54) is 6.07 Å². The van der Waals surface area contributed by atoms with Gasteiger partial charge in [0.15, 0.2) is 0 Å². The number of carbonyl (C=O) groups excluding carboxylic acids is 1. The van der Waals surface area contributed by atoms with Crippen molar-refractivity contribution < 1.29 is 14.1 Å². The lowest BCUT2D eigenvalue weighted by Gasteiger charge is -2.05. The minimum Gasteiger partial charge on any atom is -0.471 e. The molecule has 1 aromatic heterocycles. The molecule has 3 aromatic carbocycles. The van der Waals surface area contributed by atoms with Gasteiger partial charge in [-0.2, -0.15) is 0 Å². The molecule has 0 aliphatic heterocycles. The van der Waals surface area contributed by atoms with Crippen LogP contribution in [0.25, 0.3) is 10.8 Å². The Morgan fingerprint density at radius 2 is 1.89 bits per heavy atom. The number of amides is 1. The number of carbonyl (C=O) groups is 1. The minimum absolute atomic E-state index is 0.0902. The molecule has 4 aromatic rings. The molecule has 4 rings (SSSR count). The number of ether oxygens (including phenoxy) is 1. The van der Waals surface area contributed by atoms with Crippen LogP contribution in [0, 0.1) is 0 Å². The summed E-state index contributed by atoms with van der Waals surface area (Å²) in [5.41, 5.74) is 1.68. The Labute approximate surface area is 164 Å². The van der Waals surface area contributed by atoms with Crippen molar-refractivity contribution in [1.29, 1.82) is 0 Å². The normalized spacial score (nSPS) is 10.7. The molecule has 0 unspecified atom stereocenters. The lowest BCUT2D eigenvalue weighted by Crippen LogP contribution is -2.10. The highest BCUT2D eigenvalue weighted by Gasteiger charge is 2.14. The first-order chi connectivity index (χ1) is 13.2. The Hall–Kier alpha value is -3.12. The molecule has 1 amide bonds. The van der Waals surface area contributed by atoms with Crippen LogP contribution in [-0.2, 0) is 6.61 Å². The van der Waals surface area contributed by atoms with Crippen LogP contribution >= 0.6 is 15.9 Å². The molecule has 6 heteroatoms. The molecular weight excluding hydrogens is 408 g/mol. The average Bonchev–Trinajstić information content (AvgIpc) is 3.17. The highest BCUT2D eigenvalue weighted by atomic mass is 79.9. The topological polar surface area (TPSA) is 64.4 Å². The average molecular weight is 423 g/mol. The number of anilines is 1. The van der Waals surface area contributed by atoms with Crippen molar-refractivity contribution in [2.75, 3.05) is 5.32 Å². The Balaban J connectivity index is 1.43. The third-order valence-electron chi connectivity index (χ3n) is 4.03. The third-order valence-corrected chi connectivity index (χ3v) is 4.72. The fourth-order valence-corrected chi connectivity index (χ4v) is 3.19. The van der Waals surface area contributed by atoms with Crippen LogP contribution in [0.15, 0.2) is 81.8 Å². The summed E-state index contributed by atoms with van der Waals surface area (Å²) in [7, 11) is 0. The number of benzene rings is 3. The van der Waals surface area contributed by atoms with Gasteiger partial charge in [0, 0.05) is 10.2 Å². The Kier molecular flexibility index (Phi) is 4.89. The van der Waals surface area contributed by atoms with Crippen LogP contribution in [0.5, 0.6) is 5.88 Å². The number of hydrogen-bond acceptors (Lipinski definition) is 4. The summed E-state index contributed by atoms with van der Waals surface area (Å²) in [4.78, 5) is 12.4. The fraction of sp³-hybridized carbons (Fsp3) is 0.0476. The van der Waals surface area contributed by atoms with E-state index in [0.29, 0.717) is 12.3 Å². The largest absolute Gasteiger partial charge is 0.471 e. The molecule has 5 nitrogen and oxygen atoms in total. The number of nitrogens with one attached hydrogen (secondary N) is 1. The standard InChI is InChI=1S/C21H15BrN2O3/c22-18-8-4-7-15-11-16(9-10-17(15)18)23-21(25)19-12-20(24-27-19)26-13-14-5-2-1-3-6-14/h1-12H,13H2,(H,23,25). The van der Waals surface area contributed by atoms with Crippen LogP contribution in [0.3, 0.4) is 0 Å². The summed E-state index contributed by atoms with van der Waals surface area (Å²) >= 11 is 3.52. The second-order valence-electron chi connectivity index (χ2n) is 5.93. The van der Waals surface area contributed by atoms with E-state index < -0.39 is 0 Å². The summed E-state index contributed by atoms with van der Waals surface area (Å²) < 4.78 is 11.7. The molecule has 0 aliphatic rings. The van der Waals surface area contributed by atoms with Crippen molar-refractivity contribution in [2.45, 2.75) is 6.61 Å². The molecular formula is C21H15BrN2O3. The quantitative estimate of drug-likeness (QED) is 0.466. The van der Waals surface area contributed by atoms with Gasteiger partial charge in [0.2, 0.25) is 5.76 Å². The molecule has 0 bridgehead atoms. The zero-order valence-electron chi connectivity index (χ0n) is 14.2. The summed E-state index contributed by atoms with van der Waals surface area (Å²) in [6, 6.07) is 22.8. The van der Waals surface area contributed by atoms with Crippen molar-refractivity contribution in [3.05, 3.63) is 88.6 Å². The van der Waals surface area contributed by atoms with Crippen molar-refractivity contribution >= 4 is 38.3 Å². The van der Waals surface area contributed by atoms with E-state index in [1.807, 2.05) is 66.7 Å². The van der Waals surface area contributed by atoms with Gasteiger partial charge in [-0.25, -0.2) is 0 Å². The van der Waals surface area contributed by atoms with Crippen LogP contribution < -0.4 is 10.1 Å². The smallest absolute Gasteiger partial charge is 0.294 e. The molecule has 0 aliphatic carbocycles. The molecule has 0 radical (unpaired) electrons. The summed E-state index contributed by atoms with van der Waals surface area (Å²) in [5, 5.41) is 8.70. The van der Waals surface area contributed by atoms with E-state index in [-0.39, 0.29) is 17.5 Å². The molecule has 0 saturated carbocycles. The summed E-state index contributed by atoms with van der Waals surface area (Å²) in [6.45, 7) is 0.355. The van der Waals surface area contributed by atoms with Gasteiger partial charge in [0.05, 0.1) is 6.07 Å². The minimum atomic E-state index is -0.383. The van der Waals surface area contributed by atoms with Crippen LogP contribution in [0.4, 0.5) is 5.69 Å². The SMILES string of the molecule is O=C(Nc1ccc2c(Br)cccc2c1)c1cc(OCc2ccccc2)no1. The number of halogens is 1. The monoisotopic (exact) mass is 422 g/mol. The van der Waals surface area contributed by atoms with Crippen molar-refractivity contribution in [3.8, 4) is 5.88 Å². The Bertz CT molecular complexity index is 1090. The second-order valence-corrected chi connectivity index (χ2v) is 6.79. The Morgan fingerprint density at radius 1 is 1.04 bits per heavy atom. The zero-order chi connectivity index (χ0) is 18.6. The third kappa shape index (κ3) is 4.01. The first-order valence-corrected chi connectivity index (χ1v) is 9.11. The van der Waals surface area contributed by atoms with E-state index in [4.69, 9.17) is 9.26 Å². The molecule has 134 valence electrons. The van der Waals surface area contributed by atoms with Crippen molar-refractivity contribution in [2.24, 2.45) is 0 Å². The number of fused-ring (bicyclic) bond motifs is 1. The molecule has 27 heavy (non-hydrogen) atoms. The first kappa shape index (κ1) is 17.3. The molecule has 0 saturated heterocycles. The van der Waals surface area contributed by atoms with Gasteiger partial charge in [-0.1, -0.05) is 64.5 Å². The van der Waals surface area contributed by atoms with Crippen LogP contribution in [0.1, 0.15) is 16.1 Å². The summed E-state index contributed by atoms with van der Waals surface area (Å²) in [6.07, 6.45) is 0. The summed E-state index contributed by atoms with van der Waals surface area (Å²) in [5.74, 6) is -0.0229. The van der Waals surface area contributed by atoms with E-state index in [9.17, 15) is 4.79 Å². The van der Waals surface area contributed by atoms with Gasteiger partial charge in [-0.15, -0.1) is 0 Å². The number of hydrogen-bond donors (Lipinski definition) is 1. The van der Waals surface area contributed by atoms with Gasteiger partial charge in [-0.3, -0.25) is 4.79 Å². The fourth-order valence-electron chi connectivity index (χ4n) is 2.68. The number of nitrogens with zero attached hydrogens (tertiary/aromatic N) is 1. The predicted molar refractivity (Wildman–Crippen MR) is 107 cm³/mol.